The lowest BCUT2D eigenvalue weighted by Gasteiger charge is -2.22. The predicted octanol–water partition coefficient (Wildman–Crippen LogP) is -0.276. The first-order valence-electron chi connectivity index (χ1n) is 6.06. The monoisotopic (exact) mass is 279 g/mol. The number of hydrogen-bond donors (Lipinski definition) is 1. The molecule has 0 aliphatic carbocycles. The van der Waals surface area contributed by atoms with Gasteiger partial charge < -0.3 is 10.2 Å². The maximum atomic E-state index is 11.7. The molecule has 108 valence electrons. The summed E-state index contributed by atoms with van der Waals surface area (Å²) in [4.78, 5) is 13.6. The van der Waals surface area contributed by atoms with Crippen molar-refractivity contribution >= 4 is 15.9 Å². The van der Waals surface area contributed by atoms with Crippen LogP contribution in [0.2, 0.25) is 0 Å². The van der Waals surface area contributed by atoms with E-state index in [9.17, 15) is 13.2 Å². The molecule has 1 amide bonds. The molecule has 1 N–H and O–H groups in total. The zero-order valence-corrected chi connectivity index (χ0v) is 12.7. The van der Waals surface area contributed by atoms with Crippen molar-refractivity contribution in [2.24, 2.45) is 0 Å². The normalized spacial score (nSPS) is 13.9. The minimum Gasteiger partial charge on any atom is -0.353 e. The van der Waals surface area contributed by atoms with Gasteiger partial charge in [-0.25, -0.2) is 8.42 Å². The van der Waals surface area contributed by atoms with Crippen molar-refractivity contribution < 1.29 is 13.2 Å². The Morgan fingerprint density at radius 1 is 1.28 bits per heavy atom. The molecule has 0 bridgehead atoms. The fourth-order valence-electron chi connectivity index (χ4n) is 1.26. The number of sulfonamides is 1. The second-order valence-electron chi connectivity index (χ2n) is 4.78. The predicted molar refractivity (Wildman–Crippen MR) is 72.9 cm³/mol. The molecule has 0 aromatic carbocycles. The van der Waals surface area contributed by atoms with Crippen LogP contribution in [-0.2, 0) is 14.8 Å². The highest BCUT2D eigenvalue weighted by Gasteiger charge is 2.20. The van der Waals surface area contributed by atoms with E-state index in [1.165, 1.54) is 4.31 Å². The Morgan fingerprint density at radius 2 is 1.83 bits per heavy atom. The van der Waals surface area contributed by atoms with Gasteiger partial charge in [-0.05, 0) is 27.4 Å². The van der Waals surface area contributed by atoms with Gasteiger partial charge in [-0.1, -0.05) is 6.92 Å². The quantitative estimate of drug-likeness (QED) is 0.664. The van der Waals surface area contributed by atoms with E-state index in [-0.39, 0.29) is 18.5 Å². The minimum atomic E-state index is -3.35. The molecule has 0 spiro atoms. The van der Waals surface area contributed by atoms with Crippen LogP contribution in [0, 0.1) is 0 Å². The number of rotatable bonds is 8. The summed E-state index contributed by atoms with van der Waals surface area (Å²) < 4.78 is 24.3. The first-order chi connectivity index (χ1) is 8.16. The van der Waals surface area contributed by atoms with Crippen LogP contribution in [-0.4, -0.2) is 69.6 Å². The average molecular weight is 279 g/mol. The fraction of sp³-hybridized carbons (Fsp3) is 0.909. The third-order valence-electron chi connectivity index (χ3n) is 2.61. The molecule has 18 heavy (non-hydrogen) atoms. The summed E-state index contributed by atoms with van der Waals surface area (Å²) >= 11 is 0. The molecule has 0 aromatic rings. The van der Waals surface area contributed by atoms with Gasteiger partial charge in [0.2, 0.25) is 15.9 Å². The van der Waals surface area contributed by atoms with Crippen LogP contribution in [0.25, 0.3) is 0 Å². The third-order valence-corrected chi connectivity index (χ3v) is 3.86. The SMILES string of the molecule is CCC(C)NC(=O)CN(CCN(C)C)S(C)(=O)=O. The van der Waals surface area contributed by atoms with Crippen LogP contribution in [0.3, 0.4) is 0 Å². The van der Waals surface area contributed by atoms with E-state index < -0.39 is 10.0 Å². The van der Waals surface area contributed by atoms with E-state index in [0.29, 0.717) is 13.1 Å². The Balaban J connectivity index is 4.46. The van der Waals surface area contributed by atoms with Gasteiger partial charge in [-0.15, -0.1) is 0 Å². The molecular weight excluding hydrogens is 254 g/mol. The molecular formula is C11H25N3O3S. The molecule has 1 atom stereocenters. The summed E-state index contributed by atoms with van der Waals surface area (Å²) in [6.07, 6.45) is 1.95. The van der Waals surface area contributed by atoms with Crippen molar-refractivity contribution in [1.29, 1.82) is 0 Å². The van der Waals surface area contributed by atoms with Crippen LogP contribution < -0.4 is 5.32 Å². The summed E-state index contributed by atoms with van der Waals surface area (Å²) in [5, 5.41) is 2.76. The molecule has 0 aromatic heterocycles. The summed E-state index contributed by atoms with van der Waals surface area (Å²) in [7, 11) is 0.369. The lowest BCUT2D eigenvalue weighted by molar-refractivity contribution is -0.121. The van der Waals surface area contributed by atoms with E-state index in [1.807, 2.05) is 32.8 Å². The summed E-state index contributed by atoms with van der Waals surface area (Å²) in [6, 6.07) is 0.0627. The number of nitrogens with one attached hydrogen (secondary N) is 1. The molecule has 0 radical (unpaired) electrons. The minimum absolute atomic E-state index is 0.0627. The largest absolute Gasteiger partial charge is 0.353 e. The van der Waals surface area contributed by atoms with Gasteiger partial charge in [-0.3, -0.25) is 4.79 Å². The van der Waals surface area contributed by atoms with Crippen molar-refractivity contribution in [3.8, 4) is 0 Å². The maximum Gasteiger partial charge on any atom is 0.235 e. The van der Waals surface area contributed by atoms with E-state index in [4.69, 9.17) is 0 Å². The number of amides is 1. The molecule has 0 fully saturated rings. The molecule has 0 rings (SSSR count). The number of likely N-dealkylation sites (N-methyl/N-ethyl adjacent to an activating group) is 1. The first-order valence-corrected chi connectivity index (χ1v) is 7.90. The Kier molecular flexibility index (Phi) is 7.42. The fourth-order valence-corrected chi connectivity index (χ4v) is 2.02. The van der Waals surface area contributed by atoms with Crippen molar-refractivity contribution in [2.45, 2.75) is 26.3 Å². The highest BCUT2D eigenvalue weighted by atomic mass is 32.2. The van der Waals surface area contributed by atoms with Crippen LogP contribution in [0.4, 0.5) is 0 Å². The zero-order valence-electron chi connectivity index (χ0n) is 11.9. The second kappa shape index (κ2) is 7.70. The van der Waals surface area contributed by atoms with Crippen molar-refractivity contribution in [1.82, 2.24) is 14.5 Å². The number of carbonyl (C=O) groups excluding carboxylic acids is 1. The number of carbonyl (C=O) groups is 1. The molecule has 0 saturated heterocycles. The second-order valence-corrected chi connectivity index (χ2v) is 6.76. The molecule has 0 saturated carbocycles. The van der Waals surface area contributed by atoms with Crippen molar-refractivity contribution in [3.05, 3.63) is 0 Å². The van der Waals surface area contributed by atoms with Crippen molar-refractivity contribution in [2.75, 3.05) is 40.0 Å². The summed E-state index contributed by atoms with van der Waals surface area (Å²) in [5.41, 5.74) is 0. The van der Waals surface area contributed by atoms with Gasteiger partial charge in [0.15, 0.2) is 0 Å². The molecule has 1 unspecified atom stereocenters. The lowest BCUT2D eigenvalue weighted by atomic mass is 10.2. The number of hydrogen-bond acceptors (Lipinski definition) is 4. The van der Waals surface area contributed by atoms with E-state index in [2.05, 4.69) is 5.32 Å². The average Bonchev–Trinajstić information content (AvgIpc) is 2.21. The maximum absolute atomic E-state index is 11.7. The van der Waals surface area contributed by atoms with Gasteiger partial charge in [0.25, 0.3) is 0 Å². The van der Waals surface area contributed by atoms with E-state index >= 15 is 0 Å². The lowest BCUT2D eigenvalue weighted by Crippen LogP contribution is -2.44. The Labute approximate surface area is 110 Å². The van der Waals surface area contributed by atoms with Gasteiger partial charge in [0.1, 0.15) is 0 Å². The molecule has 6 nitrogen and oxygen atoms in total. The highest BCUT2D eigenvalue weighted by molar-refractivity contribution is 7.88. The van der Waals surface area contributed by atoms with Gasteiger partial charge in [0, 0.05) is 19.1 Å². The van der Waals surface area contributed by atoms with Crippen LogP contribution >= 0.6 is 0 Å². The van der Waals surface area contributed by atoms with Gasteiger partial charge in [-0.2, -0.15) is 4.31 Å². The van der Waals surface area contributed by atoms with E-state index in [1.54, 1.807) is 0 Å². The highest BCUT2D eigenvalue weighted by Crippen LogP contribution is 1.98. The smallest absolute Gasteiger partial charge is 0.235 e. The molecule has 0 aliphatic heterocycles. The van der Waals surface area contributed by atoms with Gasteiger partial charge >= 0.3 is 0 Å². The zero-order chi connectivity index (χ0) is 14.3. The Bertz CT molecular complexity index is 355. The van der Waals surface area contributed by atoms with Crippen LogP contribution in [0.1, 0.15) is 20.3 Å². The summed E-state index contributed by atoms with van der Waals surface area (Å²) in [5.74, 6) is -0.256. The number of nitrogens with zero attached hydrogens (tertiary/aromatic N) is 2. The third kappa shape index (κ3) is 7.62. The molecule has 0 aliphatic rings. The van der Waals surface area contributed by atoms with E-state index in [0.717, 1.165) is 12.7 Å². The Hall–Kier alpha value is -0.660. The standard InChI is InChI=1S/C11H25N3O3S/c1-6-10(2)12-11(15)9-14(18(5,16)17)8-7-13(3)4/h10H,6-9H2,1-5H3,(H,12,15). The first kappa shape index (κ1) is 17.3. The topological polar surface area (TPSA) is 69.7 Å². The molecule has 0 heterocycles. The molecule has 7 heteroatoms. The van der Waals surface area contributed by atoms with Crippen molar-refractivity contribution in [3.63, 3.8) is 0 Å². The van der Waals surface area contributed by atoms with Gasteiger partial charge in [0.05, 0.1) is 12.8 Å². The summed E-state index contributed by atoms with van der Waals surface area (Å²) in [6.45, 7) is 4.65. The Morgan fingerprint density at radius 3 is 2.22 bits per heavy atom. The van der Waals surface area contributed by atoms with Crippen LogP contribution in [0.15, 0.2) is 0 Å². The van der Waals surface area contributed by atoms with Crippen LogP contribution in [0.5, 0.6) is 0 Å².